The topological polar surface area (TPSA) is 12.0 Å². The zero-order valence-electron chi connectivity index (χ0n) is 8.74. The van der Waals surface area contributed by atoms with Crippen molar-refractivity contribution in [2.45, 2.75) is 31.1 Å². The van der Waals surface area contributed by atoms with Crippen LogP contribution >= 0.6 is 27.5 Å². The van der Waals surface area contributed by atoms with Gasteiger partial charge >= 0.3 is 6.18 Å². The summed E-state index contributed by atoms with van der Waals surface area (Å²) in [4.78, 5) is 0. The van der Waals surface area contributed by atoms with Crippen molar-refractivity contribution in [3.63, 3.8) is 0 Å². The van der Waals surface area contributed by atoms with Crippen LogP contribution in [0.5, 0.6) is 0 Å². The molecule has 0 aliphatic heterocycles. The van der Waals surface area contributed by atoms with E-state index in [1.54, 1.807) is 18.2 Å². The van der Waals surface area contributed by atoms with Crippen LogP contribution in [0, 0.1) is 0 Å². The summed E-state index contributed by atoms with van der Waals surface area (Å²) in [6.45, 7) is 0.178. The van der Waals surface area contributed by atoms with Gasteiger partial charge in [-0.25, -0.2) is 0 Å². The quantitative estimate of drug-likeness (QED) is 0.873. The van der Waals surface area contributed by atoms with Crippen LogP contribution in [0.25, 0.3) is 0 Å². The lowest BCUT2D eigenvalue weighted by atomic mass is 10.2. The first-order valence-electron chi connectivity index (χ1n) is 5.10. The van der Waals surface area contributed by atoms with Gasteiger partial charge in [0.2, 0.25) is 0 Å². The fraction of sp³-hybridized carbons (Fsp3) is 0.455. The Hall–Kier alpha value is -0.260. The van der Waals surface area contributed by atoms with Gasteiger partial charge in [-0.3, -0.25) is 5.32 Å². The molecule has 17 heavy (non-hydrogen) atoms. The van der Waals surface area contributed by atoms with Crippen molar-refractivity contribution in [1.29, 1.82) is 0 Å². The van der Waals surface area contributed by atoms with Gasteiger partial charge < -0.3 is 0 Å². The van der Waals surface area contributed by atoms with Crippen LogP contribution in [0.1, 0.15) is 18.4 Å². The lowest BCUT2D eigenvalue weighted by molar-refractivity contribution is -0.166. The summed E-state index contributed by atoms with van der Waals surface area (Å²) in [7, 11) is 0. The van der Waals surface area contributed by atoms with Gasteiger partial charge in [-0.1, -0.05) is 33.6 Å². The summed E-state index contributed by atoms with van der Waals surface area (Å²) >= 11 is 9.04. The average molecular weight is 329 g/mol. The highest BCUT2D eigenvalue weighted by molar-refractivity contribution is 9.10. The number of alkyl halides is 3. The number of rotatable bonds is 3. The molecule has 94 valence electrons. The molecular weight excluding hydrogens is 318 g/mol. The van der Waals surface area contributed by atoms with Crippen LogP contribution in [0.2, 0.25) is 5.02 Å². The molecule has 0 bridgehead atoms. The molecule has 1 aromatic carbocycles. The van der Waals surface area contributed by atoms with Crippen molar-refractivity contribution in [3.05, 3.63) is 33.3 Å². The molecule has 0 amide bonds. The standard InChI is InChI=1S/C11H10BrClF3N/c12-9-5-8(13)2-1-7(9)6-17-10(3-4-10)11(14,15)16/h1-2,5,17H,3-4,6H2. The van der Waals surface area contributed by atoms with E-state index in [1.165, 1.54) is 0 Å². The monoisotopic (exact) mass is 327 g/mol. The Morgan fingerprint density at radius 1 is 1.35 bits per heavy atom. The third-order valence-electron chi connectivity index (χ3n) is 2.92. The Labute approximate surface area is 110 Å². The molecule has 0 saturated heterocycles. The predicted molar refractivity (Wildman–Crippen MR) is 64.0 cm³/mol. The first kappa shape index (κ1) is 13.2. The first-order valence-corrected chi connectivity index (χ1v) is 6.27. The molecule has 1 fully saturated rings. The number of hydrogen-bond donors (Lipinski definition) is 1. The van der Waals surface area contributed by atoms with E-state index in [-0.39, 0.29) is 19.4 Å². The summed E-state index contributed by atoms with van der Waals surface area (Å²) in [6, 6.07) is 5.05. The maximum absolute atomic E-state index is 12.7. The molecule has 6 heteroatoms. The Morgan fingerprint density at radius 2 is 2.00 bits per heavy atom. The predicted octanol–water partition coefficient (Wildman–Crippen LogP) is 4.29. The van der Waals surface area contributed by atoms with E-state index < -0.39 is 11.7 Å². The molecule has 1 aliphatic rings. The minimum atomic E-state index is -4.17. The van der Waals surface area contributed by atoms with Gasteiger partial charge in [-0.2, -0.15) is 13.2 Å². The van der Waals surface area contributed by atoms with Gasteiger partial charge in [-0.15, -0.1) is 0 Å². The number of halogens is 5. The average Bonchev–Trinajstić information content (AvgIpc) is 2.96. The molecule has 1 N–H and O–H groups in total. The Morgan fingerprint density at radius 3 is 2.47 bits per heavy atom. The highest BCUT2D eigenvalue weighted by Crippen LogP contribution is 2.49. The van der Waals surface area contributed by atoms with Crippen LogP contribution in [0.15, 0.2) is 22.7 Å². The molecule has 1 saturated carbocycles. The summed E-state index contributed by atoms with van der Waals surface area (Å²) in [6.07, 6.45) is -3.87. The highest BCUT2D eigenvalue weighted by atomic mass is 79.9. The summed E-state index contributed by atoms with van der Waals surface area (Å²) in [5.41, 5.74) is -0.906. The minimum absolute atomic E-state index is 0.154. The van der Waals surface area contributed by atoms with Crippen LogP contribution in [-0.4, -0.2) is 11.7 Å². The Balaban J connectivity index is 2.04. The summed E-state index contributed by atoms with van der Waals surface area (Å²) < 4.78 is 38.7. The molecule has 1 aromatic rings. The fourth-order valence-corrected chi connectivity index (χ4v) is 2.44. The van der Waals surface area contributed by atoms with Crippen LogP contribution < -0.4 is 5.32 Å². The highest BCUT2D eigenvalue weighted by Gasteiger charge is 2.62. The number of benzene rings is 1. The molecule has 2 rings (SSSR count). The van der Waals surface area contributed by atoms with Gasteiger partial charge in [0.05, 0.1) is 0 Å². The third-order valence-corrected chi connectivity index (χ3v) is 3.90. The normalized spacial score (nSPS) is 18.2. The summed E-state index contributed by atoms with van der Waals surface area (Å²) in [5, 5.41) is 3.14. The second-order valence-electron chi connectivity index (χ2n) is 4.17. The van der Waals surface area contributed by atoms with Crippen molar-refractivity contribution in [1.82, 2.24) is 5.32 Å². The second kappa shape index (κ2) is 4.44. The van der Waals surface area contributed by atoms with Gasteiger partial charge in [0, 0.05) is 16.0 Å². The van der Waals surface area contributed by atoms with Gasteiger partial charge in [0.25, 0.3) is 0 Å². The van der Waals surface area contributed by atoms with E-state index in [2.05, 4.69) is 21.2 Å². The maximum atomic E-state index is 12.7. The lowest BCUT2D eigenvalue weighted by Gasteiger charge is -2.21. The molecule has 1 nitrogen and oxygen atoms in total. The van der Waals surface area contributed by atoms with Gasteiger partial charge in [0.1, 0.15) is 5.54 Å². The SMILES string of the molecule is FC(F)(F)C1(NCc2ccc(Cl)cc2Br)CC1. The number of hydrogen-bond acceptors (Lipinski definition) is 1. The maximum Gasteiger partial charge on any atom is 0.406 e. The Bertz CT molecular complexity index is 429. The molecule has 0 heterocycles. The fourth-order valence-electron chi connectivity index (χ4n) is 1.61. The van der Waals surface area contributed by atoms with Crippen molar-refractivity contribution in [2.24, 2.45) is 0 Å². The molecule has 1 aliphatic carbocycles. The molecule has 0 atom stereocenters. The van der Waals surface area contributed by atoms with Crippen molar-refractivity contribution in [3.8, 4) is 0 Å². The minimum Gasteiger partial charge on any atom is -0.299 e. The largest absolute Gasteiger partial charge is 0.406 e. The van der Waals surface area contributed by atoms with Crippen LogP contribution in [0.4, 0.5) is 13.2 Å². The van der Waals surface area contributed by atoms with E-state index >= 15 is 0 Å². The van der Waals surface area contributed by atoms with Crippen molar-refractivity contribution in [2.75, 3.05) is 0 Å². The first-order chi connectivity index (χ1) is 7.84. The van der Waals surface area contributed by atoms with Crippen LogP contribution in [-0.2, 0) is 6.54 Å². The Kier molecular flexibility index (Phi) is 3.45. The zero-order chi connectivity index (χ0) is 12.7. The molecule has 0 radical (unpaired) electrons. The van der Waals surface area contributed by atoms with Crippen LogP contribution in [0.3, 0.4) is 0 Å². The third kappa shape index (κ3) is 2.77. The molecule has 0 unspecified atom stereocenters. The van der Waals surface area contributed by atoms with E-state index in [0.717, 1.165) is 10.0 Å². The van der Waals surface area contributed by atoms with E-state index in [1.807, 2.05) is 0 Å². The number of nitrogens with one attached hydrogen (secondary N) is 1. The van der Waals surface area contributed by atoms with Gasteiger partial charge in [0.15, 0.2) is 0 Å². The lowest BCUT2D eigenvalue weighted by Crippen LogP contribution is -2.44. The second-order valence-corrected chi connectivity index (χ2v) is 5.46. The van der Waals surface area contributed by atoms with E-state index in [0.29, 0.717) is 5.02 Å². The smallest absolute Gasteiger partial charge is 0.299 e. The van der Waals surface area contributed by atoms with E-state index in [9.17, 15) is 13.2 Å². The van der Waals surface area contributed by atoms with Gasteiger partial charge in [-0.05, 0) is 30.5 Å². The molecule has 0 aromatic heterocycles. The molecular formula is C11H10BrClF3N. The van der Waals surface area contributed by atoms with Crippen molar-refractivity contribution < 1.29 is 13.2 Å². The zero-order valence-corrected chi connectivity index (χ0v) is 11.1. The summed E-state index contributed by atoms with van der Waals surface area (Å²) in [5.74, 6) is 0. The van der Waals surface area contributed by atoms with E-state index in [4.69, 9.17) is 11.6 Å². The van der Waals surface area contributed by atoms with Crippen molar-refractivity contribution >= 4 is 27.5 Å². The molecule has 0 spiro atoms.